The molecule has 0 unspecified atom stereocenters. The van der Waals surface area contributed by atoms with Gasteiger partial charge in [-0.2, -0.15) is 10.2 Å². The number of carbonyl (C=O) groups excluding carboxylic acids is 1. The molecule has 0 bridgehead atoms. The Kier molecular flexibility index (Phi) is 5.70. The Morgan fingerprint density at radius 3 is 2.57 bits per heavy atom. The molecule has 1 saturated heterocycles. The Morgan fingerprint density at radius 1 is 1.17 bits per heavy atom. The van der Waals surface area contributed by atoms with Gasteiger partial charge >= 0.3 is 0 Å². The zero-order valence-electron chi connectivity index (χ0n) is 16.8. The number of benzene rings is 1. The van der Waals surface area contributed by atoms with Crippen molar-refractivity contribution in [1.29, 1.82) is 5.26 Å². The van der Waals surface area contributed by atoms with Gasteiger partial charge in [-0.25, -0.2) is 0 Å². The van der Waals surface area contributed by atoms with Crippen LogP contribution in [0.5, 0.6) is 0 Å². The molecule has 2 aromatic heterocycles. The minimum atomic E-state index is 0.0923. The summed E-state index contributed by atoms with van der Waals surface area (Å²) >= 11 is 0. The third-order valence-electron chi connectivity index (χ3n) is 5.20. The molecule has 4 rings (SSSR count). The molecule has 0 spiro atoms. The summed E-state index contributed by atoms with van der Waals surface area (Å²) in [7, 11) is 0. The van der Waals surface area contributed by atoms with Crippen molar-refractivity contribution in [3.8, 4) is 17.7 Å². The highest BCUT2D eigenvalue weighted by atomic mass is 16.4. The number of hydrogen-bond donors (Lipinski definition) is 0. The Morgan fingerprint density at radius 2 is 1.93 bits per heavy atom. The first kappa shape index (κ1) is 19.6. The second-order valence-electron chi connectivity index (χ2n) is 6.98. The molecule has 3 aromatic rings. The zero-order valence-corrected chi connectivity index (χ0v) is 16.8. The smallest absolute Gasteiger partial charge is 0.266 e. The molecule has 1 aliphatic rings. The first-order chi connectivity index (χ1) is 14.7. The molecule has 0 atom stereocenters. The van der Waals surface area contributed by atoms with Gasteiger partial charge in [-0.05, 0) is 31.2 Å². The molecule has 1 aromatic carbocycles. The van der Waals surface area contributed by atoms with Crippen LogP contribution >= 0.6 is 0 Å². The molecule has 0 N–H and O–H groups in total. The lowest BCUT2D eigenvalue weighted by Gasteiger charge is -2.35. The number of oxazole rings is 1. The van der Waals surface area contributed by atoms with Gasteiger partial charge in [0.1, 0.15) is 6.07 Å². The van der Waals surface area contributed by atoms with Crippen LogP contribution in [0, 0.1) is 11.3 Å². The number of piperazine rings is 1. The highest BCUT2D eigenvalue weighted by Crippen LogP contribution is 2.29. The molecule has 1 fully saturated rings. The van der Waals surface area contributed by atoms with E-state index in [1.54, 1.807) is 12.1 Å². The molecule has 0 radical (unpaired) electrons. The molecule has 8 heteroatoms. The maximum Gasteiger partial charge on any atom is 0.266 e. The van der Waals surface area contributed by atoms with Gasteiger partial charge in [0.15, 0.2) is 5.76 Å². The number of hydrogen-bond acceptors (Lipinski definition) is 7. The van der Waals surface area contributed by atoms with Crippen molar-refractivity contribution in [2.75, 3.05) is 49.1 Å². The van der Waals surface area contributed by atoms with Crippen LogP contribution in [0.3, 0.4) is 0 Å². The van der Waals surface area contributed by atoms with E-state index in [1.807, 2.05) is 47.1 Å². The quantitative estimate of drug-likeness (QED) is 0.623. The van der Waals surface area contributed by atoms with Gasteiger partial charge in [0.2, 0.25) is 17.5 Å². The van der Waals surface area contributed by atoms with Gasteiger partial charge in [-0.15, -0.1) is 0 Å². The number of nitriles is 1. The zero-order chi connectivity index (χ0) is 20.9. The topological polar surface area (TPSA) is 89.8 Å². The largest absolute Gasteiger partial charge is 0.459 e. The molecular weight excluding hydrogens is 382 g/mol. The first-order valence-corrected chi connectivity index (χ1v) is 9.97. The van der Waals surface area contributed by atoms with Crippen LogP contribution in [0.1, 0.15) is 12.6 Å². The number of furan rings is 1. The van der Waals surface area contributed by atoms with Gasteiger partial charge in [0, 0.05) is 38.4 Å². The SMILES string of the molecule is CCN(CC(=O)N1CCN(c2oc(-c3ccco3)nc2C#N)CC1)c1ccccc1. The number of anilines is 2. The van der Waals surface area contributed by atoms with E-state index in [2.05, 4.69) is 16.0 Å². The van der Waals surface area contributed by atoms with Gasteiger partial charge in [-0.1, -0.05) is 18.2 Å². The van der Waals surface area contributed by atoms with Crippen LogP contribution in [0.2, 0.25) is 0 Å². The van der Waals surface area contributed by atoms with Crippen LogP contribution in [-0.4, -0.2) is 55.1 Å². The molecule has 1 aliphatic heterocycles. The fourth-order valence-electron chi connectivity index (χ4n) is 3.55. The Bertz CT molecular complexity index is 1010. The third kappa shape index (κ3) is 4.01. The molecule has 154 valence electrons. The molecule has 1 amide bonds. The fraction of sp³-hybridized carbons (Fsp3) is 0.318. The maximum absolute atomic E-state index is 12.8. The Labute approximate surface area is 174 Å². The van der Waals surface area contributed by atoms with E-state index >= 15 is 0 Å². The lowest BCUT2D eigenvalue weighted by Crippen LogP contribution is -2.51. The van der Waals surface area contributed by atoms with E-state index in [-0.39, 0.29) is 17.5 Å². The summed E-state index contributed by atoms with van der Waals surface area (Å²) in [6.45, 7) is 5.42. The molecule has 3 heterocycles. The predicted octanol–water partition coefficient (Wildman–Crippen LogP) is 2.98. The van der Waals surface area contributed by atoms with E-state index in [1.165, 1.54) is 6.26 Å². The van der Waals surface area contributed by atoms with Gasteiger partial charge in [0.25, 0.3) is 5.89 Å². The average molecular weight is 405 g/mol. The Balaban J connectivity index is 1.39. The number of likely N-dealkylation sites (N-methyl/N-ethyl adjacent to an activating group) is 1. The number of para-hydroxylation sites is 1. The number of rotatable bonds is 6. The summed E-state index contributed by atoms with van der Waals surface area (Å²) in [4.78, 5) is 22.9. The van der Waals surface area contributed by atoms with E-state index in [0.717, 1.165) is 12.2 Å². The summed E-state index contributed by atoms with van der Waals surface area (Å²) in [6.07, 6.45) is 1.53. The van der Waals surface area contributed by atoms with Crippen molar-refractivity contribution < 1.29 is 13.6 Å². The minimum Gasteiger partial charge on any atom is -0.459 e. The summed E-state index contributed by atoms with van der Waals surface area (Å²) in [6, 6.07) is 15.5. The lowest BCUT2D eigenvalue weighted by atomic mass is 10.2. The summed E-state index contributed by atoms with van der Waals surface area (Å²) in [5.74, 6) is 1.28. The number of aromatic nitrogens is 1. The standard InChI is InChI=1S/C22H23N5O3/c1-2-25(17-7-4-3-5-8-17)16-20(28)26-10-12-27(13-11-26)22-18(15-23)24-21(30-22)19-9-6-14-29-19/h3-9,14H,2,10-13,16H2,1H3. The highest BCUT2D eigenvalue weighted by molar-refractivity contribution is 5.81. The van der Waals surface area contributed by atoms with Gasteiger partial charge in [0.05, 0.1) is 12.8 Å². The number of nitrogens with zero attached hydrogens (tertiary/aromatic N) is 5. The molecule has 8 nitrogen and oxygen atoms in total. The second kappa shape index (κ2) is 8.74. The third-order valence-corrected chi connectivity index (χ3v) is 5.20. The van der Waals surface area contributed by atoms with E-state index in [4.69, 9.17) is 8.83 Å². The van der Waals surface area contributed by atoms with Gasteiger partial charge in [-0.3, -0.25) is 4.79 Å². The average Bonchev–Trinajstić information content (AvgIpc) is 3.48. The lowest BCUT2D eigenvalue weighted by molar-refractivity contribution is -0.130. The van der Waals surface area contributed by atoms with Crippen molar-refractivity contribution in [3.63, 3.8) is 0 Å². The molecule has 0 aliphatic carbocycles. The maximum atomic E-state index is 12.8. The first-order valence-electron chi connectivity index (χ1n) is 9.97. The normalized spacial score (nSPS) is 13.9. The fourth-order valence-corrected chi connectivity index (χ4v) is 3.55. The van der Waals surface area contributed by atoms with Crippen molar-refractivity contribution in [2.45, 2.75) is 6.92 Å². The second-order valence-corrected chi connectivity index (χ2v) is 6.98. The summed E-state index contributed by atoms with van der Waals surface area (Å²) in [5, 5.41) is 9.43. The van der Waals surface area contributed by atoms with Crippen molar-refractivity contribution >= 4 is 17.5 Å². The number of carbonyl (C=O) groups is 1. The van der Waals surface area contributed by atoms with Crippen LogP contribution in [0.25, 0.3) is 11.7 Å². The molecule has 0 saturated carbocycles. The van der Waals surface area contributed by atoms with E-state index in [0.29, 0.717) is 44.4 Å². The molecular formula is C22H23N5O3. The number of amides is 1. The predicted molar refractivity (Wildman–Crippen MR) is 112 cm³/mol. The van der Waals surface area contributed by atoms with Crippen LogP contribution in [-0.2, 0) is 4.79 Å². The van der Waals surface area contributed by atoms with Crippen molar-refractivity contribution in [3.05, 3.63) is 54.4 Å². The van der Waals surface area contributed by atoms with Crippen LogP contribution < -0.4 is 9.80 Å². The summed E-state index contributed by atoms with van der Waals surface area (Å²) < 4.78 is 11.1. The van der Waals surface area contributed by atoms with E-state index in [9.17, 15) is 10.1 Å². The monoisotopic (exact) mass is 405 g/mol. The summed E-state index contributed by atoms with van der Waals surface area (Å²) in [5.41, 5.74) is 1.26. The molecule has 30 heavy (non-hydrogen) atoms. The Hall–Kier alpha value is -3.73. The van der Waals surface area contributed by atoms with Crippen LogP contribution in [0.15, 0.2) is 57.6 Å². The van der Waals surface area contributed by atoms with Crippen molar-refractivity contribution in [2.24, 2.45) is 0 Å². The van der Waals surface area contributed by atoms with Crippen LogP contribution in [0.4, 0.5) is 11.6 Å². The van der Waals surface area contributed by atoms with Gasteiger partial charge < -0.3 is 23.5 Å². The van der Waals surface area contributed by atoms with E-state index < -0.39 is 0 Å². The van der Waals surface area contributed by atoms with Crippen molar-refractivity contribution in [1.82, 2.24) is 9.88 Å². The highest BCUT2D eigenvalue weighted by Gasteiger charge is 2.27. The minimum absolute atomic E-state index is 0.0923.